The largest absolute Gasteiger partial charge is 0.466 e. The van der Waals surface area contributed by atoms with Crippen LogP contribution in [-0.2, 0) is 16.0 Å². The van der Waals surface area contributed by atoms with Crippen LogP contribution in [0.5, 0.6) is 5.75 Å². The molecule has 0 saturated heterocycles. The van der Waals surface area contributed by atoms with Gasteiger partial charge >= 0.3 is 11.9 Å². The van der Waals surface area contributed by atoms with Crippen molar-refractivity contribution in [3.8, 4) is 5.75 Å². The summed E-state index contributed by atoms with van der Waals surface area (Å²) in [5.74, 6) is -0.418. The van der Waals surface area contributed by atoms with E-state index >= 15 is 0 Å². The van der Waals surface area contributed by atoms with E-state index in [0.717, 1.165) is 5.56 Å². The molecule has 114 valence electrons. The third-order valence-electron chi connectivity index (χ3n) is 3.10. The van der Waals surface area contributed by atoms with Crippen LogP contribution < -0.4 is 4.74 Å². The van der Waals surface area contributed by atoms with Crippen LogP contribution in [0, 0.1) is 6.92 Å². The van der Waals surface area contributed by atoms with E-state index in [2.05, 4.69) is 0 Å². The molecule has 0 radical (unpaired) electrons. The summed E-state index contributed by atoms with van der Waals surface area (Å²) < 4.78 is 10.3. The monoisotopic (exact) mass is 298 g/mol. The summed E-state index contributed by atoms with van der Waals surface area (Å²) in [5, 5.41) is 0. The number of hydrogen-bond acceptors (Lipinski definition) is 4. The second-order valence-corrected chi connectivity index (χ2v) is 4.85. The molecule has 4 heteroatoms. The first-order valence-electron chi connectivity index (χ1n) is 7.12. The average Bonchev–Trinajstić information content (AvgIpc) is 2.50. The maximum absolute atomic E-state index is 12.2. The molecule has 2 aromatic carbocycles. The second-order valence-electron chi connectivity index (χ2n) is 4.85. The van der Waals surface area contributed by atoms with Crippen LogP contribution in [0.25, 0.3) is 0 Å². The molecule has 0 spiro atoms. The minimum atomic E-state index is -0.448. The highest BCUT2D eigenvalue weighted by molar-refractivity contribution is 5.91. The summed E-state index contributed by atoms with van der Waals surface area (Å²) in [6, 6.07) is 14.1. The summed E-state index contributed by atoms with van der Waals surface area (Å²) in [6.07, 6.45) is 0.0746. The van der Waals surface area contributed by atoms with Crippen LogP contribution in [0.4, 0.5) is 0 Å². The van der Waals surface area contributed by atoms with E-state index in [1.165, 1.54) is 0 Å². The van der Waals surface area contributed by atoms with E-state index in [1.807, 2.05) is 19.1 Å². The number of rotatable bonds is 5. The van der Waals surface area contributed by atoms with Gasteiger partial charge in [-0.1, -0.05) is 35.9 Å². The predicted molar refractivity (Wildman–Crippen MR) is 82.9 cm³/mol. The molecule has 0 atom stereocenters. The SMILES string of the molecule is CCOC(=O)Cc1ccccc1OC(=O)c1ccc(C)cc1. The third kappa shape index (κ3) is 4.19. The zero-order valence-corrected chi connectivity index (χ0v) is 12.7. The van der Waals surface area contributed by atoms with E-state index in [-0.39, 0.29) is 12.4 Å². The standard InChI is InChI=1S/C18H18O4/c1-3-21-17(19)12-15-6-4-5-7-16(15)22-18(20)14-10-8-13(2)9-11-14/h4-11H,3,12H2,1-2H3. The lowest BCUT2D eigenvalue weighted by molar-refractivity contribution is -0.142. The zero-order chi connectivity index (χ0) is 15.9. The molecule has 0 fully saturated rings. The molecule has 0 aliphatic carbocycles. The van der Waals surface area contributed by atoms with Gasteiger partial charge in [-0.3, -0.25) is 4.79 Å². The van der Waals surface area contributed by atoms with Gasteiger partial charge in [-0.25, -0.2) is 4.79 Å². The first-order chi connectivity index (χ1) is 10.6. The van der Waals surface area contributed by atoms with Crippen molar-refractivity contribution in [2.75, 3.05) is 6.61 Å². The Kier molecular flexibility index (Phi) is 5.31. The second kappa shape index (κ2) is 7.41. The van der Waals surface area contributed by atoms with Gasteiger partial charge in [0.15, 0.2) is 0 Å². The van der Waals surface area contributed by atoms with E-state index in [4.69, 9.17) is 9.47 Å². The Morgan fingerprint density at radius 1 is 1.00 bits per heavy atom. The number of carbonyl (C=O) groups excluding carboxylic acids is 2. The van der Waals surface area contributed by atoms with Gasteiger partial charge < -0.3 is 9.47 Å². The summed E-state index contributed by atoms with van der Waals surface area (Å²) in [7, 11) is 0. The maximum Gasteiger partial charge on any atom is 0.343 e. The molecular weight excluding hydrogens is 280 g/mol. The van der Waals surface area contributed by atoms with Gasteiger partial charge in [0.25, 0.3) is 0 Å². The normalized spacial score (nSPS) is 10.1. The molecular formula is C18H18O4. The van der Waals surface area contributed by atoms with Gasteiger partial charge in [-0.15, -0.1) is 0 Å². The van der Waals surface area contributed by atoms with Crippen molar-refractivity contribution in [2.24, 2.45) is 0 Å². The highest BCUT2D eigenvalue weighted by atomic mass is 16.5. The van der Waals surface area contributed by atoms with Crippen LogP contribution in [0.15, 0.2) is 48.5 Å². The molecule has 0 bridgehead atoms. The van der Waals surface area contributed by atoms with Crippen LogP contribution in [0.2, 0.25) is 0 Å². The fourth-order valence-electron chi connectivity index (χ4n) is 1.97. The minimum absolute atomic E-state index is 0.0746. The van der Waals surface area contributed by atoms with Crippen LogP contribution in [0.1, 0.15) is 28.4 Å². The third-order valence-corrected chi connectivity index (χ3v) is 3.10. The first-order valence-corrected chi connectivity index (χ1v) is 7.12. The Bertz CT molecular complexity index is 659. The molecule has 0 amide bonds. The summed E-state index contributed by atoms with van der Waals surface area (Å²) in [6.45, 7) is 4.02. The Morgan fingerprint density at radius 3 is 2.36 bits per heavy atom. The van der Waals surface area contributed by atoms with Crippen molar-refractivity contribution < 1.29 is 19.1 Å². The van der Waals surface area contributed by atoms with Crippen molar-refractivity contribution in [1.82, 2.24) is 0 Å². The van der Waals surface area contributed by atoms with Crippen molar-refractivity contribution in [2.45, 2.75) is 20.3 Å². The molecule has 0 aromatic heterocycles. The quantitative estimate of drug-likeness (QED) is 0.627. The number of benzene rings is 2. The van der Waals surface area contributed by atoms with Crippen molar-refractivity contribution >= 4 is 11.9 Å². The van der Waals surface area contributed by atoms with Gasteiger partial charge in [-0.05, 0) is 32.0 Å². The van der Waals surface area contributed by atoms with Crippen LogP contribution in [0.3, 0.4) is 0 Å². The van der Waals surface area contributed by atoms with E-state index < -0.39 is 5.97 Å². The smallest absolute Gasteiger partial charge is 0.343 e. The lowest BCUT2D eigenvalue weighted by Gasteiger charge is -2.10. The molecule has 22 heavy (non-hydrogen) atoms. The van der Waals surface area contributed by atoms with Crippen molar-refractivity contribution in [1.29, 1.82) is 0 Å². The number of carbonyl (C=O) groups is 2. The average molecular weight is 298 g/mol. The molecule has 0 N–H and O–H groups in total. The fourth-order valence-corrected chi connectivity index (χ4v) is 1.97. The van der Waals surface area contributed by atoms with E-state index in [1.54, 1.807) is 43.3 Å². The molecule has 2 rings (SSSR count). The van der Waals surface area contributed by atoms with Gasteiger partial charge in [0.1, 0.15) is 5.75 Å². The van der Waals surface area contributed by atoms with Crippen LogP contribution in [-0.4, -0.2) is 18.5 Å². The maximum atomic E-state index is 12.2. The Morgan fingerprint density at radius 2 is 1.68 bits per heavy atom. The molecule has 0 unspecified atom stereocenters. The Labute approximate surface area is 129 Å². The molecule has 0 saturated carbocycles. The lowest BCUT2D eigenvalue weighted by atomic mass is 10.1. The molecule has 2 aromatic rings. The Balaban J connectivity index is 2.13. The predicted octanol–water partition coefficient (Wildman–Crippen LogP) is 3.32. The lowest BCUT2D eigenvalue weighted by Crippen LogP contribution is -2.12. The summed E-state index contributed by atoms with van der Waals surface area (Å²) >= 11 is 0. The van der Waals surface area contributed by atoms with Gasteiger partial charge in [0.05, 0.1) is 18.6 Å². The zero-order valence-electron chi connectivity index (χ0n) is 12.7. The van der Waals surface area contributed by atoms with Gasteiger partial charge in [0, 0.05) is 5.56 Å². The van der Waals surface area contributed by atoms with Crippen molar-refractivity contribution in [3.63, 3.8) is 0 Å². The van der Waals surface area contributed by atoms with Crippen molar-refractivity contribution in [3.05, 3.63) is 65.2 Å². The highest BCUT2D eigenvalue weighted by Gasteiger charge is 2.14. The molecule has 0 heterocycles. The molecule has 4 nitrogen and oxygen atoms in total. The van der Waals surface area contributed by atoms with E-state index in [0.29, 0.717) is 23.5 Å². The molecule has 0 aliphatic rings. The number of aryl methyl sites for hydroxylation is 1. The van der Waals surface area contributed by atoms with E-state index in [9.17, 15) is 9.59 Å². The number of esters is 2. The first kappa shape index (κ1) is 15.8. The highest BCUT2D eigenvalue weighted by Crippen LogP contribution is 2.20. The van der Waals surface area contributed by atoms with Gasteiger partial charge in [0.2, 0.25) is 0 Å². The number of para-hydroxylation sites is 1. The molecule has 0 aliphatic heterocycles. The topological polar surface area (TPSA) is 52.6 Å². The summed E-state index contributed by atoms with van der Waals surface area (Å²) in [4.78, 5) is 23.7. The Hall–Kier alpha value is -2.62. The number of ether oxygens (including phenoxy) is 2. The van der Waals surface area contributed by atoms with Gasteiger partial charge in [-0.2, -0.15) is 0 Å². The van der Waals surface area contributed by atoms with Crippen LogP contribution >= 0.6 is 0 Å². The summed E-state index contributed by atoms with van der Waals surface area (Å²) in [5.41, 5.74) is 2.16. The minimum Gasteiger partial charge on any atom is -0.466 e. The fraction of sp³-hybridized carbons (Fsp3) is 0.222. The number of hydrogen-bond donors (Lipinski definition) is 0.